The predicted molar refractivity (Wildman–Crippen MR) is 133 cm³/mol. The molecule has 0 saturated heterocycles. The van der Waals surface area contributed by atoms with E-state index in [1.165, 1.54) is 11.1 Å². The van der Waals surface area contributed by atoms with E-state index in [1.54, 1.807) is 0 Å². The maximum atomic E-state index is 6.40. The minimum Gasteiger partial charge on any atom is -0.439 e. The van der Waals surface area contributed by atoms with E-state index in [0.717, 1.165) is 44.3 Å². The van der Waals surface area contributed by atoms with E-state index in [-0.39, 0.29) is 0 Å². The highest BCUT2D eigenvalue weighted by Crippen LogP contribution is 2.46. The highest BCUT2D eigenvalue weighted by Gasteiger charge is 2.23. The Morgan fingerprint density at radius 2 is 1.39 bits per heavy atom. The molecule has 0 atom stereocenters. The molecule has 2 nitrogen and oxygen atoms in total. The van der Waals surface area contributed by atoms with E-state index < -0.39 is 0 Å². The van der Waals surface area contributed by atoms with Crippen LogP contribution in [0, 0.1) is 13.8 Å². The third kappa shape index (κ3) is 3.62. The molecule has 0 amide bonds. The number of hydrogen-bond donors (Lipinski definition) is 1. The second-order valence-electron chi connectivity index (χ2n) is 7.81. The van der Waals surface area contributed by atoms with Gasteiger partial charge in [-0.1, -0.05) is 77.9 Å². The first kappa shape index (κ1) is 19.5. The molecule has 1 heterocycles. The van der Waals surface area contributed by atoms with Gasteiger partial charge in [-0.3, -0.25) is 4.90 Å². The van der Waals surface area contributed by atoms with Crippen LogP contribution < -0.4 is 4.90 Å². The molecular weight excluding hydrogens is 398 g/mol. The van der Waals surface area contributed by atoms with Gasteiger partial charge < -0.3 is 4.42 Å². The van der Waals surface area contributed by atoms with Crippen molar-refractivity contribution >= 4 is 40.9 Å². The Kier molecular flexibility index (Phi) is 5.05. The zero-order valence-electron chi connectivity index (χ0n) is 17.5. The quantitative estimate of drug-likeness (QED) is 0.293. The Morgan fingerprint density at radius 3 is 2.16 bits per heavy atom. The number of furan rings is 1. The number of anilines is 3. The third-order valence-corrected chi connectivity index (χ3v) is 5.96. The van der Waals surface area contributed by atoms with Crippen molar-refractivity contribution in [3.63, 3.8) is 0 Å². The van der Waals surface area contributed by atoms with Gasteiger partial charge in [0.05, 0.1) is 10.6 Å². The van der Waals surface area contributed by atoms with Crippen molar-refractivity contribution in [2.75, 3.05) is 4.90 Å². The summed E-state index contributed by atoms with van der Waals surface area (Å²) in [5, 5.41) is 1.02. The lowest BCUT2D eigenvalue weighted by Crippen LogP contribution is -2.11. The summed E-state index contributed by atoms with van der Waals surface area (Å²) >= 11 is 4.91. The van der Waals surface area contributed by atoms with Crippen molar-refractivity contribution in [2.24, 2.45) is 0 Å². The maximum Gasteiger partial charge on any atom is 0.219 e. The van der Waals surface area contributed by atoms with Gasteiger partial charge in [0, 0.05) is 16.6 Å². The molecule has 0 aliphatic carbocycles. The normalized spacial score (nSPS) is 11.1. The van der Waals surface area contributed by atoms with Crippen molar-refractivity contribution in [1.29, 1.82) is 0 Å². The van der Waals surface area contributed by atoms with E-state index in [0.29, 0.717) is 0 Å². The van der Waals surface area contributed by atoms with Gasteiger partial charge >= 0.3 is 0 Å². The first-order valence-electron chi connectivity index (χ1n) is 10.4. The zero-order valence-corrected chi connectivity index (χ0v) is 18.4. The predicted octanol–water partition coefficient (Wildman–Crippen LogP) is 8.48. The van der Waals surface area contributed by atoms with E-state index in [4.69, 9.17) is 17.0 Å². The van der Waals surface area contributed by atoms with Crippen molar-refractivity contribution in [2.45, 2.75) is 18.7 Å². The van der Waals surface area contributed by atoms with Gasteiger partial charge in [0.2, 0.25) is 5.88 Å². The van der Waals surface area contributed by atoms with Gasteiger partial charge in [-0.2, -0.15) is 0 Å². The summed E-state index contributed by atoms with van der Waals surface area (Å²) in [5.41, 5.74) is 7.59. The van der Waals surface area contributed by atoms with Gasteiger partial charge in [0.1, 0.15) is 5.58 Å². The van der Waals surface area contributed by atoms with Crippen LogP contribution in [-0.2, 0) is 0 Å². The first-order chi connectivity index (χ1) is 15.1. The van der Waals surface area contributed by atoms with Crippen LogP contribution in [0.5, 0.6) is 0 Å². The average molecular weight is 422 g/mol. The summed E-state index contributed by atoms with van der Waals surface area (Å²) in [6.07, 6.45) is 0. The molecule has 5 aromatic rings. The number of fused-ring (bicyclic) bond motifs is 1. The minimum absolute atomic E-state index is 0.719. The number of thiol groups is 1. The summed E-state index contributed by atoms with van der Waals surface area (Å²) < 4.78 is 6.40. The molecule has 0 aliphatic rings. The van der Waals surface area contributed by atoms with Gasteiger partial charge in [-0.15, -0.1) is 12.6 Å². The lowest BCUT2D eigenvalue weighted by molar-refractivity contribution is 0.614. The molecule has 0 N–H and O–H groups in total. The molecule has 3 heteroatoms. The van der Waals surface area contributed by atoms with Crippen LogP contribution in [0.2, 0.25) is 0 Å². The standard InChI is InChI=1S/C28H23NOS/c1-19-12-15-22(16-13-19)29(28-27(31)24-18-20(2)14-17-26(24)30-28)25-11-7-6-10-23(25)21-8-4-3-5-9-21/h3-18,31H,1-2H3. The second kappa shape index (κ2) is 8.01. The Bertz CT molecular complexity index is 1350. The molecule has 0 radical (unpaired) electrons. The van der Waals surface area contributed by atoms with Crippen molar-refractivity contribution < 1.29 is 4.42 Å². The fraction of sp³-hybridized carbons (Fsp3) is 0.0714. The summed E-state index contributed by atoms with van der Waals surface area (Å²) in [6, 6.07) is 33.6. The van der Waals surface area contributed by atoms with Crippen LogP contribution in [0.3, 0.4) is 0 Å². The Morgan fingerprint density at radius 1 is 0.710 bits per heavy atom. The van der Waals surface area contributed by atoms with Crippen LogP contribution in [0.1, 0.15) is 11.1 Å². The monoisotopic (exact) mass is 421 g/mol. The fourth-order valence-corrected chi connectivity index (χ4v) is 4.25. The largest absolute Gasteiger partial charge is 0.439 e. The topological polar surface area (TPSA) is 16.4 Å². The SMILES string of the molecule is Cc1ccc(N(c2ccccc2-c2ccccc2)c2oc3ccc(C)cc3c2S)cc1. The Labute approximate surface area is 188 Å². The molecule has 1 aromatic heterocycles. The van der Waals surface area contributed by atoms with Crippen LogP contribution in [0.15, 0.2) is 106 Å². The number of para-hydroxylation sites is 1. The lowest BCUT2D eigenvalue weighted by Gasteiger charge is -2.26. The molecule has 152 valence electrons. The molecule has 5 rings (SSSR count). The summed E-state index contributed by atoms with van der Waals surface area (Å²) in [7, 11) is 0. The van der Waals surface area contributed by atoms with Crippen molar-refractivity contribution in [1.82, 2.24) is 0 Å². The number of nitrogens with zero attached hydrogens (tertiary/aromatic N) is 1. The Balaban J connectivity index is 1.78. The molecule has 0 saturated carbocycles. The number of benzene rings is 4. The molecule has 0 unspecified atom stereocenters. The van der Waals surface area contributed by atoms with Gasteiger partial charge in [-0.25, -0.2) is 0 Å². The van der Waals surface area contributed by atoms with E-state index >= 15 is 0 Å². The summed E-state index contributed by atoms with van der Waals surface area (Å²) in [6.45, 7) is 4.18. The number of rotatable bonds is 4. The third-order valence-electron chi connectivity index (χ3n) is 5.52. The highest BCUT2D eigenvalue weighted by molar-refractivity contribution is 7.80. The summed E-state index contributed by atoms with van der Waals surface area (Å²) in [5.74, 6) is 0.719. The smallest absolute Gasteiger partial charge is 0.219 e. The molecule has 0 fully saturated rings. The highest BCUT2D eigenvalue weighted by atomic mass is 32.1. The van der Waals surface area contributed by atoms with Crippen LogP contribution >= 0.6 is 12.6 Å². The van der Waals surface area contributed by atoms with Crippen LogP contribution in [-0.4, -0.2) is 0 Å². The molecule has 0 bridgehead atoms. The second-order valence-corrected chi connectivity index (χ2v) is 8.26. The van der Waals surface area contributed by atoms with E-state index in [1.807, 2.05) is 12.1 Å². The van der Waals surface area contributed by atoms with E-state index in [2.05, 4.69) is 104 Å². The molecule has 4 aromatic carbocycles. The molecular formula is C28H23NOS. The van der Waals surface area contributed by atoms with Gasteiger partial charge in [-0.05, 0) is 49.7 Å². The average Bonchev–Trinajstić information content (AvgIpc) is 3.12. The first-order valence-corrected chi connectivity index (χ1v) is 10.8. The van der Waals surface area contributed by atoms with Gasteiger partial charge in [0.25, 0.3) is 0 Å². The molecule has 31 heavy (non-hydrogen) atoms. The maximum absolute atomic E-state index is 6.40. The molecule has 0 aliphatic heterocycles. The number of hydrogen-bond acceptors (Lipinski definition) is 3. The molecule has 0 spiro atoms. The van der Waals surface area contributed by atoms with Crippen LogP contribution in [0.25, 0.3) is 22.1 Å². The van der Waals surface area contributed by atoms with Crippen molar-refractivity contribution in [3.8, 4) is 11.1 Å². The summed E-state index contributed by atoms with van der Waals surface area (Å²) in [4.78, 5) is 3.00. The fourth-order valence-electron chi connectivity index (χ4n) is 3.93. The van der Waals surface area contributed by atoms with Gasteiger partial charge in [0.15, 0.2) is 0 Å². The zero-order chi connectivity index (χ0) is 21.4. The Hall–Kier alpha value is -3.43. The lowest BCUT2D eigenvalue weighted by atomic mass is 10.0. The van der Waals surface area contributed by atoms with Crippen molar-refractivity contribution in [3.05, 3.63) is 108 Å². The van der Waals surface area contributed by atoms with Crippen LogP contribution in [0.4, 0.5) is 17.3 Å². The number of aryl methyl sites for hydroxylation is 2. The minimum atomic E-state index is 0.719. The van der Waals surface area contributed by atoms with E-state index in [9.17, 15) is 0 Å².